The van der Waals surface area contributed by atoms with Crippen molar-refractivity contribution in [3.8, 4) is 0 Å². The van der Waals surface area contributed by atoms with Crippen LogP contribution >= 0.6 is 0 Å². The molecule has 2 heterocycles. The molecule has 0 aliphatic carbocycles. The fourth-order valence-electron chi connectivity index (χ4n) is 3.95. The molecule has 0 aromatic heterocycles. The first-order valence-corrected chi connectivity index (χ1v) is 9.88. The van der Waals surface area contributed by atoms with Crippen LogP contribution in [0.15, 0.2) is 24.3 Å². The van der Waals surface area contributed by atoms with Crippen LogP contribution < -0.4 is 4.90 Å². The highest BCUT2D eigenvalue weighted by Crippen LogP contribution is 2.29. The molecule has 2 aliphatic heterocycles. The van der Waals surface area contributed by atoms with E-state index in [9.17, 15) is 14.4 Å². The second kappa shape index (κ2) is 8.11. The van der Waals surface area contributed by atoms with Crippen LogP contribution in [0.2, 0.25) is 0 Å². The van der Waals surface area contributed by atoms with Crippen molar-refractivity contribution in [3.63, 3.8) is 0 Å². The standard InChI is InChI=1S/C21H29N3O3/c1-4-16-7-5-6-8-18(16)24-14-17(13-19(24)25)21(27)23-11-9-22(10-12-23)20(26)15(2)3/h5-8,15,17H,4,9-14H2,1-3H3/t17-/m1/s1. The summed E-state index contributed by atoms with van der Waals surface area (Å²) < 4.78 is 0. The molecule has 1 atom stereocenters. The van der Waals surface area contributed by atoms with E-state index >= 15 is 0 Å². The maximum absolute atomic E-state index is 12.9. The van der Waals surface area contributed by atoms with Crippen molar-refractivity contribution in [1.29, 1.82) is 0 Å². The Bertz CT molecular complexity index is 723. The van der Waals surface area contributed by atoms with E-state index in [0.29, 0.717) is 32.7 Å². The molecule has 6 heteroatoms. The van der Waals surface area contributed by atoms with Crippen molar-refractivity contribution in [2.45, 2.75) is 33.6 Å². The number of aryl methyl sites for hydroxylation is 1. The Hall–Kier alpha value is -2.37. The van der Waals surface area contributed by atoms with Gasteiger partial charge in [-0.25, -0.2) is 0 Å². The Morgan fingerprint density at radius 1 is 1.07 bits per heavy atom. The topological polar surface area (TPSA) is 60.9 Å². The number of benzene rings is 1. The molecule has 3 rings (SSSR count). The zero-order chi connectivity index (χ0) is 19.6. The molecule has 6 nitrogen and oxygen atoms in total. The number of hydrogen-bond donors (Lipinski definition) is 0. The van der Waals surface area contributed by atoms with Crippen molar-refractivity contribution < 1.29 is 14.4 Å². The first-order chi connectivity index (χ1) is 12.9. The summed E-state index contributed by atoms with van der Waals surface area (Å²) in [5.41, 5.74) is 2.05. The largest absolute Gasteiger partial charge is 0.339 e. The van der Waals surface area contributed by atoms with E-state index in [4.69, 9.17) is 0 Å². The number of anilines is 1. The average molecular weight is 371 g/mol. The van der Waals surface area contributed by atoms with Crippen molar-refractivity contribution >= 4 is 23.4 Å². The lowest BCUT2D eigenvalue weighted by atomic mass is 10.1. The smallest absolute Gasteiger partial charge is 0.228 e. The number of amides is 3. The van der Waals surface area contributed by atoms with Gasteiger partial charge in [0, 0.05) is 50.7 Å². The fraction of sp³-hybridized carbons (Fsp3) is 0.571. The molecular formula is C21H29N3O3. The van der Waals surface area contributed by atoms with Crippen molar-refractivity contribution in [2.24, 2.45) is 11.8 Å². The zero-order valence-corrected chi connectivity index (χ0v) is 16.5. The summed E-state index contributed by atoms with van der Waals surface area (Å²) in [5.74, 6) is -0.124. The molecule has 0 spiro atoms. The molecule has 0 radical (unpaired) electrons. The molecule has 27 heavy (non-hydrogen) atoms. The van der Waals surface area contributed by atoms with Crippen LogP contribution in [0.1, 0.15) is 32.8 Å². The summed E-state index contributed by atoms with van der Waals surface area (Å²) in [6, 6.07) is 7.90. The number of piperazine rings is 1. The highest BCUT2D eigenvalue weighted by Gasteiger charge is 2.38. The third-order valence-electron chi connectivity index (χ3n) is 5.53. The van der Waals surface area contributed by atoms with Crippen LogP contribution in [0, 0.1) is 11.8 Å². The molecular weight excluding hydrogens is 342 g/mol. The SMILES string of the molecule is CCc1ccccc1N1C[C@H](C(=O)N2CCN(C(=O)C(C)C)CC2)CC1=O. The Morgan fingerprint density at radius 3 is 2.33 bits per heavy atom. The summed E-state index contributed by atoms with van der Waals surface area (Å²) in [7, 11) is 0. The Morgan fingerprint density at radius 2 is 1.70 bits per heavy atom. The number of nitrogens with zero attached hydrogens (tertiary/aromatic N) is 3. The third kappa shape index (κ3) is 3.99. The van der Waals surface area contributed by atoms with Gasteiger partial charge in [-0.3, -0.25) is 14.4 Å². The molecule has 146 valence electrons. The van der Waals surface area contributed by atoms with Gasteiger partial charge in [0.1, 0.15) is 0 Å². The lowest BCUT2D eigenvalue weighted by molar-refractivity contribution is -0.143. The van der Waals surface area contributed by atoms with E-state index in [-0.39, 0.29) is 36.0 Å². The Balaban J connectivity index is 1.62. The van der Waals surface area contributed by atoms with Gasteiger partial charge in [0.15, 0.2) is 0 Å². The van der Waals surface area contributed by atoms with Gasteiger partial charge in [0.2, 0.25) is 17.7 Å². The summed E-state index contributed by atoms with van der Waals surface area (Å²) >= 11 is 0. The second-order valence-corrected chi connectivity index (χ2v) is 7.69. The number of carbonyl (C=O) groups is 3. The number of rotatable bonds is 4. The van der Waals surface area contributed by atoms with Crippen molar-refractivity contribution in [2.75, 3.05) is 37.6 Å². The fourth-order valence-corrected chi connectivity index (χ4v) is 3.95. The van der Waals surface area contributed by atoms with E-state index < -0.39 is 0 Å². The van der Waals surface area contributed by atoms with Crippen LogP contribution in [-0.4, -0.2) is 60.2 Å². The average Bonchev–Trinajstić information content (AvgIpc) is 3.08. The van der Waals surface area contributed by atoms with Gasteiger partial charge in [0.25, 0.3) is 0 Å². The van der Waals surface area contributed by atoms with Gasteiger partial charge < -0.3 is 14.7 Å². The van der Waals surface area contributed by atoms with E-state index in [0.717, 1.165) is 17.7 Å². The van der Waals surface area contributed by atoms with Crippen molar-refractivity contribution in [3.05, 3.63) is 29.8 Å². The maximum atomic E-state index is 12.9. The van der Waals surface area contributed by atoms with Crippen LogP contribution in [0.5, 0.6) is 0 Å². The summed E-state index contributed by atoms with van der Waals surface area (Å²) in [5, 5.41) is 0. The van der Waals surface area contributed by atoms with Gasteiger partial charge in [-0.2, -0.15) is 0 Å². The molecule has 1 aromatic rings. The van der Waals surface area contributed by atoms with Crippen LogP contribution in [-0.2, 0) is 20.8 Å². The number of para-hydroxylation sites is 1. The minimum absolute atomic E-state index is 0.0165. The second-order valence-electron chi connectivity index (χ2n) is 7.69. The lowest BCUT2D eigenvalue weighted by Crippen LogP contribution is -2.53. The highest BCUT2D eigenvalue weighted by atomic mass is 16.2. The normalized spacial score (nSPS) is 20.5. The molecule has 0 saturated carbocycles. The number of carbonyl (C=O) groups excluding carboxylic acids is 3. The number of hydrogen-bond acceptors (Lipinski definition) is 3. The van der Waals surface area contributed by atoms with E-state index in [1.54, 1.807) is 4.90 Å². The van der Waals surface area contributed by atoms with Crippen LogP contribution in [0.4, 0.5) is 5.69 Å². The first kappa shape index (κ1) is 19.4. The minimum Gasteiger partial charge on any atom is -0.339 e. The van der Waals surface area contributed by atoms with Gasteiger partial charge >= 0.3 is 0 Å². The highest BCUT2D eigenvalue weighted by molar-refractivity contribution is 6.00. The third-order valence-corrected chi connectivity index (χ3v) is 5.53. The molecule has 1 aromatic carbocycles. The molecule has 3 amide bonds. The van der Waals surface area contributed by atoms with Crippen LogP contribution in [0.3, 0.4) is 0 Å². The predicted octanol–water partition coefficient (Wildman–Crippen LogP) is 1.93. The maximum Gasteiger partial charge on any atom is 0.228 e. The van der Waals surface area contributed by atoms with Crippen LogP contribution in [0.25, 0.3) is 0 Å². The lowest BCUT2D eigenvalue weighted by Gasteiger charge is -2.36. The Kier molecular flexibility index (Phi) is 5.82. The minimum atomic E-state index is -0.297. The quantitative estimate of drug-likeness (QED) is 0.813. The molecule has 0 bridgehead atoms. The molecule has 2 aliphatic rings. The van der Waals surface area contributed by atoms with E-state index in [1.165, 1.54) is 0 Å². The molecule has 0 unspecified atom stereocenters. The molecule has 2 saturated heterocycles. The van der Waals surface area contributed by atoms with Gasteiger partial charge in [-0.1, -0.05) is 39.0 Å². The predicted molar refractivity (Wildman–Crippen MR) is 104 cm³/mol. The van der Waals surface area contributed by atoms with Gasteiger partial charge in [-0.05, 0) is 18.1 Å². The summed E-state index contributed by atoms with van der Waals surface area (Å²) in [4.78, 5) is 43.0. The molecule has 2 fully saturated rings. The van der Waals surface area contributed by atoms with E-state index in [1.807, 2.05) is 47.9 Å². The monoisotopic (exact) mass is 371 g/mol. The van der Waals surface area contributed by atoms with Crippen molar-refractivity contribution in [1.82, 2.24) is 9.80 Å². The summed E-state index contributed by atoms with van der Waals surface area (Å²) in [6.07, 6.45) is 1.12. The first-order valence-electron chi connectivity index (χ1n) is 9.88. The molecule has 0 N–H and O–H groups in total. The summed E-state index contributed by atoms with van der Waals surface area (Å²) in [6.45, 7) is 8.55. The zero-order valence-electron chi connectivity index (χ0n) is 16.5. The van der Waals surface area contributed by atoms with Gasteiger partial charge in [-0.15, -0.1) is 0 Å². The Labute approximate surface area is 161 Å². The van der Waals surface area contributed by atoms with E-state index in [2.05, 4.69) is 6.92 Å². The van der Waals surface area contributed by atoms with Gasteiger partial charge in [0.05, 0.1) is 5.92 Å².